The van der Waals surface area contributed by atoms with E-state index in [1.165, 1.54) is 51.7 Å². The van der Waals surface area contributed by atoms with Gasteiger partial charge in [-0.3, -0.25) is 4.90 Å². The van der Waals surface area contributed by atoms with E-state index in [2.05, 4.69) is 31.0 Å². The van der Waals surface area contributed by atoms with E-state index >= 15 is 0 Å². The summed E-state index contributed by atoms with van der Waals surface area (Å²) in [5, 5.41) is 3.79. The number of hydrogen-bond donors (Lipinski definition) is 1. The Morgan fingerprint density at radius 2 is 1.88 bits per heavy atom. The third-order valence-corrected chi connectivity index (χ3v) is 4.40. The van der Waals surface area contributed by atoms with Gasteiger partial charge in [-0.2, -0.15) is 0 Å². The predicted molar refractivity (Wildman–Crippen MR) is 69.7 cm³/mol. The van der Waals surface area contributed by atoms with Crippen molar-refractivity contribution in [2.45, 2.75) is 64.5 Å². The highest BCUT2D eigenvalue weighted by Gasteiger charge is 2.38. The minimum atomic E-state index is 0.490. The van der Waals surface area contributed by atoms with Crippen LogP contribution in [0.1, 0.15) is 52.9 Å². The van der Waals surface area contributed by atoms with Gasteiger partial charge in [0.15, 0.2) is 0 Å². The van der Waals surface area contributed by atoms with Crippen molar-refractivity contribution in [3.63, 3.8) is 0 Å². The SMILES string of the molecule is CC(C)CC(C)N1CCNC2(CCCC2)C1. The van der Waals surface area contributed by atoms with E-state index in [0.29, 0.717) is 5.54 Å². The highest BCUT2D eigenvalue weighted by Crippen LogP contribution is 2.32. The number of nitrogens with zero attached hydrogens (tertiary/aromatic N) is 1. The monoisotopic (exact) mass is 224 g/mol. The summed E-state index contributed by atoms with van der Waals surface area (Å²) in [4.78, 5) is 2.72. The molecular formula is C14H28N2. The molecular weight excluding hydrogens is 196 g/mol. The maximum atomic E-state index is 3.79. The first-order valence-corrected chi connectivity index (χ1v) is 7.10. The highest BCUT2D eigenvalue weighted by atomic mass is 15.2. The molecule has 1 N–H and O–H groups in total. The Balaban J connectivity index is 1.90. The van der Waals surface area contributed by atoms with Crippen LogP contribution in [0.15, 0.2) is 0 Å². The van der Waals surface area contributed by atoms with Gasteiger partial charge in [0.25, 0.3) is 0 Å². The molecule has 0 amide bonds. The van der Waals surface area contributed by atoms with Crippen LogP contribution in [0.25, 0.3) is 0 Å². The summed E-state index contributed by atoms with van der Waals surface area (Å²) in [6, 6.07) is 0.763. The van der Waals surface area contributed by atoms with Crippen molar-refractivity contribution in [2.24, 2.45) is 5.92 Å². The first-order chi connectivity index (χ1) is 7.61. The second kappa shape index (κ2) is 5.05. The third-order valence-electron chi connectivity index (χ3n) is 4.40. The van der Waals surface area contributed by atoms with Gasteiger partial charge in [-0.15, -0.1) is 0 Å². The van der Waals surface area contributed by atoms with Gasteiger partial charge in [-0.1, -0.05) is 26.7 Å². The van der Waals surface area contributed by atoms with E-state index in [9.17, 15) is 0 Å². The molecule has 1 spiro atoms. The third kappa shape index (κ3) is 2.78. The van der Waals surface area contributed by atoms with Crippen LogP contribution in [0.5, 0.6) is 0 Å². The molecule has 1 saturated carbocycles. The summed E-state index contributed by atoms with van der Waals surface area (Å²) in [5.74, 6) is 0.824. The quantitative estimate of drug-likeness (QED) is 0.793. The molecule has 2 rings (SSSR count). The van der Waals surface area contributed by atoms with Crippen molar-refractivity contribution in [1.82, 2.24) is 10.2 Å². The first kappa shape index (κ1) is 12.4. The largest absolute Gasteiger partial charge is 0.309 e. The lowest BCUT2D eigenvalue weighted by Crippen LogP contribution is -2.60. The molecule has 1 saturated heterocycles. The maximum absolute atomic E-state index is 3.79. The van der Waals surface area contributed by atoms with Crippen molar-refractivity contribution < 1.29 is 0 Å². The van der Waals surface area contributed by atoms with Gasteiger partial charge < -0.3 is 5.32 Å². The zero-order valence-corrected chi connectivity index (χ0v) is 11.3. The Hall–Kier alpha value is -0.0800. The lowest BCUT2D eigenvalue weighted by atomic mass is 9.92. The van der Waals surface area contributed by atoms with Crippen molar-refractivity contribution in [2.75, 3.05) is 19.6 Å². The summed E-state index contributed by atoms with van der Waals surface area (Å²) >= 11 is 0. The van der Waals surface area contributed by atoms with E-state index in [4.69, 9.17) is 0 Å². The molecule has 1 atom stereocenters. The average Bonchev–Trinajstić information content (AvgIpc) is 2.65. The molecule has 1 aliphatic carbocycles. The van der Waals surface area contributed by atoms with Gasteiger partial charge in [-0.05, 0) is 32.1 Å². The first-order valence-electron chi connectivity index (χ1n) is 7.10. The molecule has 16 heavy (non-hydrogen) atoms. The highest BCUT2D eigenvalue weighted by molar-refractivity contribution is 4.99. The molecule has 2 nitrogen and oxygen atoms in total. The molecule has 0 radical (unpaired) electrons. The fourth-order valence-corrected chi connectivity index (χ4v) is 3.58. The van der Waals surface area contributed by atoms with Crippen LogP contribution in [-0.4, -0.2) is 36.1 Å². The zero-order valence-electron chi connectivity index (χ0n) is 11.3. The zero-order chi connectivity index (χ0) is 11.6. The van der Waals surface area contributed by atoms with Gasteiger partial charge in [0.05, 0.1) is 0 Å². The topological polar surface area (TPSA) is 15.3 Å². The van der Waals surface area contributed by atoms with E-state index in [1.54, 1.807) is 0 Å². The minimum Gasteiger partial charge on any atom is -0.309 e. The van der Waals surface area contributed by atoms with Gasteiger partial charge >= 0.3 is 0 Å². The molecule has 94 valence electrons. The molecule has 1 unspecified atom stereocenters. The fraction of sp³-hybridized carbons (Fsp3) is 1.00. The number of rotatable bonds is 3. The van der Waals surface area contributed by atoms with Crippen molar-refractivity contribution in [3.8, 4) is 0 Å². The van der Waals surface area contributed by atoms with Crippen LogP contribution in [0, 0.1) is 5.92 Å². The number of piperazine rings is 1. The smallest absolute Gasteiger partial charge is 0.0309 e. The molecule has 2 heteroatoms. The molecule has 0 bridgehead atoms. The second-order valence-electron chi connectivity index (χ2n) is 6.36. The van der Waals surface area contributed by atoms with Gasteiger partial charge in [0.1, 0.15) is 0 Å². The van der Waals surface area contributed by atoms with E-state index in [1.807, 2.05) is 0 Å². The van der Waals surface area contributed by atoms with Crippen molar-refractivity contribution in [3.05, 3.63) is 0 Å². The Morgan fingerprint density at radius 1 is 1.19 bits per heavy atom. The Bertz CT molecular complexity index is 219. The minimum absolute atomic E-state index is 0.490. The van der Waals surface area contributed by atoms with Crippen LogP contribution in [0.4, 0.5) is 0 Å². The fourth-order valence-electron chi connectivity index (χ4n) is 3.58. The molecule has 1 aliphatic heterocycles. The van der Waals surface area contributed by atoms with Crippen LogP contribution in [0.2, 0.25) is 0 Å². The average molecular weight is 224 g/mol. The summed E-state index contributed by atoms with van der Waals surface area (Å²) < 4.78 is 0. The van der Waals surface area contributed by atoms with E-state index in [0.717, 1.165) is 12.0 Å². The van der Waals surface area contributed by atoms with Crippen LogP contribution < -0.4 is 5.32 Å². The molecule has 0 aromatic carbocycles. The molecule has 0 aromatic heterocycles. The van der Waals surface area contributed by atoms with Gasteiger partial charge in [0.2, 0.25) is 0 Å². The molecule has 0 aromatic rings. The van der Waals surface area contributed by atoms with Crippen molar-refractivity contribution >= 4 is 0 Å². The predicted octanol–water partition coefficient (Wildman–Crippen LogP) is 2.64. The Morgan fingerprint density at radius 3 is 2.50 bits per heavy atom. The van der Waals surface area contributed by atoms with Gasteiger partial charge in [-0.25, -0.2) is 0 Å². The molecule has 2 fully saturated rings. The maximum Gasteiger partial charge on any atom is 0.0309 e. The van der Waals surface area contributed by atoms with E-state index in [-0.39, 0.29) is 0 Å². The number of nitrogens with one attached hydrogen (secondary N) is 1. The van der Waals surface area contributed by atoms with E-state index < -0.39 is 0 Å². The standard InChI is InChI=1S/C14H28N2/c1-12(2)10-13(3)16-9-8-15-14(11-16)6-4-5-7-14/h12-13,15H,4-11H2,1-3H3. The van der Waals surface area contributed by atoms with Crippen molar-refractivity contribution in [1.29, 1.82) is 0 Å². The van der Waals surface area contributed by atoms with Crippen LogP contribution >= 0.6 is 0 Å². The molecule has 2 aliphatic rings. The van der Waals surface area contributed by atoms with Crippen LogP contribution in [0.3, 0.4) is 0 Å². The summed E-state index contributed by atoms with van der Waals surface area (Å²) in [7, 11) is 0. The number of hydrogen-bond acceptors (Lipinski definition) is 2. The molecule has 1 heterocycles. The lowest BCUT2D eigenvalue weighted by molar-refractivity contribution is 0.0913. The summed E-state index contributed by atoms with van der Waals surface area (Å²) in [5.41, 5.74) is 0.490. The summed E-state index contributed by atoms with van der Waals surface area (Å²) in [6.45, 7) is 10.8. The van der Waals surface area contributed by atoms with Crippen LogP contribution in [-0.2, 0) is 0 Å². The second-order valence-corrected chi connectivity index (χ2v) is 6.36. The Kier molecular flexibility index (Phi) is 3.91. The van der Waals surface area contributed by atoms with Gasteiger partial charge in [0, 0.05) is 31.2 Å². The lowest BCUT2D eigenvalue weighted by Gasteiger charge is -2.44. The summed E-state index contributed by atoms with van der Waals surface area (Å²) in [6.07, 6.45) is 7.00. The Labute approximate surface area is 101 Å². The normalized spacial score (nSPS) is 27.8.